The fraction of sp³-hybridized carbons (Fsp3) is 0.308. The summed E-state index contributed by atoms with van der Waals surface area (Å²) in [5, 5.41) is 0.844. The Hall–Kier alpha value is -1.98. The van der Waals surface area contributed by atoms with Crippen molar-refractivity contribution in [3.63, 3.8) is 0 Å². The smallest absolute Gasteiger partial charge is 0.137 e. The molecular formula is C26H29ClN2OS+2. The van der Waals surface area contributed by atoms with Gasteiger partial charge in [0.15, 0.2) is 0 Å². The lowest BCUT2D eigenvalue weighted by molar-refractivity contribution is -1.03. The Morgan fingerprint density at radius 2 is 1.65 bits per heavy atom. The molecule has 3 nitrogen and oxygen atoms in total. The van der Waals surface area contributed by atoms with Crippen LogP contribution in [0.1, 0.15) is 17.2 Å². The first-order valence-electron chi connectivity index (χ1n) is 11.2. The minimum atomic E-state index is 0.465. The van der Waals surface area contributed by atoms with Crippen molar-refractivity contribution >= 4 is 23.4 Å². The van der Waals surface area contributed by atoms with Crippen LogP contribution in [-0.4, -0.2) is 39.3 Å². The average Bonchev–Trinajstić information content (AvgIpc) is 2.97. The van der Waals surface area contributed by atoms with Gasteiger partial charge in [-0.15, -0.1) is 0 Å². The quantitative estimate of drug-likeness (QED) is 0.620. The highest BCUT2D eigenvalue weighted by Crippen LogP contribution is 2.40. The van der Waals surface area contributed by atoms with Crippen LogP contribution in [0.25, 0.3) is 0 Å². The third-order valence-electron chi connectivity index (χ3n) is 6.52. The van der Waals surface area contributed by atoms with Gasteiger partial charge in [0.25, 0.3) is 0 Å². The molecule has 0 aromatic heterocycles. The molecule has 0 aliphatic carbocycles. The van der Waals surface area contributed by atoms with Crippen molar-refractivity contribution in [2.45, 2.75) is 22.3 Å². The van der Waals surface area contributed by atoms with E-state index >= 15 is 0 Å². The summed E-state index contributed by atoms with van der Waals surface area (Å²) in [7, 11) is 0. The molecule has 0 unspecified atom stereocenters. The van der Waals surface area contributed by atoms with Crippen LogP contribution >= 0.6 is 23.4 Å². The number of nitrogens with one attached hydrogen (secondary N) is 2. The SMILES string of the molecule is Clc1ccc2c(c1)[C@@H]([NH+]1CC[NH+](CCOc3ccccc3)CC1)Cc1ccccc1S2. The Bertz CT molecular complexity index is 1020. The molecule has 1 atom stereocenters. The Labute approximate surface area is 194 Å². The minimum absolute atomic E-state index is 0.465. The van der Waals surface area contributed by atoms with E-state index in [-0.39, 0.29) is 0 Å². The largest absolute Gasteiger partial charge is 0.488 e. The normalized spacial score (nSPS) is 22.8. The van der Waals surface area contributed by atoms with Crippen LogP contribution in [0.2, 0.25) is 5.02 Å². The number of halogens is 1. The number of fused-ring (bicyclic) bond motifs is 2. The first-order valence-corrected chi connectivity index (χ1v) is 12.4. The summed E-state index contributed by atoms with van der Waals surface area (Å²) < 4.78 is 5.92. The minimum Gasteiger partial charge on any atom is -0.488 e. The number of quaternary nitrogens is 2. The maximum Gasteiger partial charge on any atom is 0.137 e. The fourth-order valence-corrected chi connectivity index (χ4v) is 6.12. The van der Waals surface area contributed by atoms with E-state index in [1.807, 2.05) is 48.2 Å². The molecule has 5 heteroatoms. The lowest BCUT2D eigenvalue weighted by atomic mass is 9.96. The number of hydrogen-bond donors (Lipinski definition) is 2. The highest BCUT2D eigenvalue weighted by Gasteiger charge is 2.34. The number of piperazine rings is 1. The van der Waals surface area contributed by atoms with Crippen molar-refractivity contribution in [3.8, 4) is 5.75 Å². The molecule has 3 aromatic carbocycles. The summed E-state index contributed by atoms with van der Waals surface area (Å²) in [4.78, 5) is 6.08. The van der Waals surface area contributed by atoms with Gasteiger partial charge in [-0.2, -0.15) is 0 Å². The molecule has 2 N–H and O–H groups in total. The molecule has 5 rings (SSSR count). The van der Waals surface area contributed by atoms with Crippen molar-refractivity contribution in [1.82, 2.24) is 0 Å². The maximum atomic E-state index is 6.44. The zero-order valence-electron chi connectivity index (χ0n) is 17.6. The fourth-order valence-electron chi connectivity index (χ4n) is 4.82. The van der Waals surface area contributed by atoms with Crippen molar-refractivity contribution in [1.29, 1.82) is 0 Å². The first kappa shape index (κ1) is 20.9. The maximum absolute atomic E-state index is 6.44. The summed E-state index contributed by atoms with van der Waals surface area (Å²) in [6.45, 7) is 6.59. The van der Waals surface area contributed by atoms with Gasteiger partial charge in [0.1, 0.15) is 51.1 Å². The third kappa shape index (κ3) is 4.93. The molecule has 0 radical (unpaired) electrons. The van der Waals surface area contributed by atoms with Crippen LogP contribution in [0.3, 0.4) is 0 Å². The van der Waals surface area contributed by atoms with Gasteiger partial charge < -0.3 is 14.5 Å². The zero-order chi connectivity index (χ0) is 21.0. The topological polar surface area (TPSA) is 18.1 Å². The van der Waals surface area contributed by atoms with Gasteiger partial charge in [-0.05, 0) is 42.0 Å². The Kier molecular flexibility index (Phi) is 6.51. The monoisotopic (exact) mass is 452 g/mol. The summed E-state index contributed by atoms with van der Waals surface area (Å²) in [6, 6.07) is 25.9. The van der Waals surface area contributed by atoms with Crippen LogP contribution < -0.4 is 14.5 Å². The predicted molar refractivity (Wildman–Crippen MR) is 127 cm³/mol. The number of benzene rings is 3. The molecule has 2 heterocycles. The number of ether oxygens (including phenoxy) is 1. The molecule has 0 spiro atoms. The Morgan fingerprint density at radius 1 is 0.871 bits per heavy atom. The van der Waals surface area contributed by atoms with E-state index in [4.69, 9.17) is 16.3 Å². The van der Waals surface area contributed by atoms with Crippen LogP contribution in [0, 0.1) is 0 Å². The van der Waals surface area contributed by atoms with E-state index in [1.54, 1.807) is 9.80 Å². The molecule has 160 valence electrons. The van der Waals surface area contributed by atoms with E-state index in [0.717, 1.165) is 30.3 Å². The van der Waals surface area contributed by atoms with Crippen LogP contribution in [0.4, 0.5) is 0 Å². The second kappa shape index (κ2) is 9.66. The molecular weight excluding hydrogens is 424 g/mol. The van der Waals surface area contributed by atoms with E-state index < -0.39 is 0 Å². The molecule has 0 bridgehead atoms. The van der Waals surface area contributed by atoms with Crippen molar-refractivity contribution in [3.05, 3.63) is 88.9 Å². The van der Waals surface area contributed by atoms with Crippen LogP contribution in [0.5, 0.6) is 5.75 Å². The lowest BCUT2D eigenvalue weighted by Crippen LogP contribution is -3.28. The molecule has 2 aliphatic rings. The number of hydrogen-bond acceptors (Lipinski definition) is 2. The van der Waals surface area contributed by atoms with E-state index in [9.17, 15) is 0 Å². The molecule has 0 saturated carbocycles. The van der Waals surface area contributed by atoms with Gasteiger partial charge in [-0.3, -0.25) is 0 Å². The van der Waals surface area contributed by atoms with Gasteiger partial charge in [0.2, 0.25) is 0 Å². The van der Waals surface area contributed by atoms with Crippen LogP contribution in [-0.2, 0) is 6.42 Å². The summed E-state index contributed by atoms with van der Waals surface area (Å²) in [5.41, 5.74) is 2.88. The third-order valence-corrected chi connectivity index (χ3v) is 7.97. The molecule has 3 aromatic rings. The molecule has 1 fully saturated rings. The number of para-hydroxylation sites is 1. The van der Waals surface area contributed by atoms with Gasteiger partial charge in [0, 0.05) is 26.8 Å². The lowest BCUT2D eigenvalue weighted by Gasteiger charge is -2.35. The second-order valence-corrected chi connectivity index (χ2v) is 9.99. The Morgan fingerprint density at radius 3 is 2.48 bits per heavy atom. The van der Waals surface area contributed by atoms with Gasteiger partial charge >= 0.3 is 0 Å². The highest BCUT2D eigenvalue weighted by atomic mass is 35.5. The van der Waals surface area contributed by atoms with Gasteiger partial charge in [-0.1, -0.05) is 59.8 Å². The molecule has 1 saturated heterocycles. The summed E-state index contributed by atoms with van der Waals surface area (Å²) in [5.74, 6) is 0.967. The van der Waals surface area contributed by atoms with Crippen molar-refractivity contribution < 1.29 is 14.5 Å². The van der Waals surface area contributed by atoms with E-state index in [1.165, 1.54) is 47.1 Å². The van der Waals surface area contributed by atoms with Gasteiger partial charge in [0.05, 0.1) is 0 Å². The van der Waals surface area contributed by atoms with E-state index in [0.29, 0.717) is 6.04 Å². The van der Waals surface area contributed by atoms with Crippen molar-refractivity contribution in [2.24, 2.45) is 0 Å². The van der Waals surface area contributed by atoms with Crippen LogP contribution in [0.15, 0.2) is 82.6 Å². The Balaban J connectivity index is 1.25. The molecule has 31 heavy (non-hydrogen) atoms. The number of rotatable bonds is 5. The molecule has 2 aliphatic heterocycles. The van der Waals surface area contributed by atoms with E-state index in [2.05, 4.69) is 36.4 Å². The predicted octanol–water partition coefficient (Wildman–Crippen LogP) is 2.95. The summed E-state index contributed by atoms with van der Waals surface area (Å²) in [6.07, 6.45) is 1.08. The highest BCUT2D eigenvalue weighted by molar-refractivity contribution is 7.99. The average molecular weight is 453 g/mol. The molecule has 0 amide bonds. The first-order chi connectivity index (χ1) is 15.3. The zero-order valence-corrected chi connectivity index (χ0v) is 19.2. The second-order valence-electron chi connectivity index (χ2n) is 8.47. The van der Waals surface area contributed by atoms with Crippen molar-refractivity contribution in [2.75, 3.05) is 39.3 Å². The summed E-state index contributed by atoms with van der Waals surface area (Å²) >= 11 is 8.34. The standard InChI is InChI=1S/C26H27ClN2OS/c27-21-10-11-26-23(19-21)24(18-20-6-4-5-9-25(20)31-26)29-14-12-28(13-15-29)16-17-30-22-7-2-1-3-8-22/h1-11,19,24H,12-18H2/p+2/t24-/m0/s1. The van der Waals surface area contributed by atoms with Gasteiger partial charge in [-0.25, -0.2) is 0 Å².